The predicted octanol–water partition coefficient (Wildman–Crippen LogP) is 3.43. The van der Waals surface area contributed by atoms with E-state index < -0.39 is 0 Å². The van der Waals surface area contributed by atoms with Crippen LogP contribution in [-0.4, -0.2) is 39.4 Å². The van der Waals surface area contributed by atoms with Gasteiger partial charge in [0.25, 0.3) is 0 Å². The van der Waals surface area contributed by atoms with Gasteiger partial charge in [0.1, 0.15) is 11.5 Å². The lowest BCUT2D eigenvalue weighted by Crippen LogP contribution is -2.35. The number of pyridine rings is 1. The maximum Gasteiger partial charge on any atom is 0.134 e. The summed E-state index contributed by atoms with van der Waals surface area (Å²) in [5.41, 5.74) is 3.44. The Kier molecular flexibility index (Phi) is 4.43. The molecule has 0 aliphatic carbocycles. The van der Waals surface area contributed by atoms with E-state index in [-0.39, 0.29) is 6.61 Å². The molecule has 0 saturated carbocycles. The third-order valence-corrected chi connectivity index (χ3v) is 5.47. The molecule has 0 bridgehead atoms. The first-order valence-electron chi connectivity index (χ1n) is 9.77. The van der Waals surface area contributed by atoms with Crippen molar-refractivity contribution < 1.29 is 5.11 Å². The number of nitrogens with zero attached hydrogens (tertiary/aromatic N) is 2. The van der Waals surface area contributed by atoms with Crippen LogP contribution in [0.4, 0.5) is 5.82 Å². The molecule has 28 heavy (non-hydrogen) atoms. The van der Waals surface area contributed by atoms with Crippen molar-refractivity contribution in [1.82, 2.24) is 20.5 Å². The number of aliphatic hydroxyl groups excluding tert-OH is 1. The van der Waals surface area contributed by atoms with Gasteiger partial charge < -0.3 is 15.7 Å². The van der Waals surface area contributed by atoms with Gasteiger partial charge in [0.05, 0.1) is 17.8 Å². The maximum absolute atomic E-state index is 9.50. The minimum atomic E-state index is 0.00816. The Morgan fingerprint density at radius 3 is 2.75 bits per heavy atom. The molecule has 0 amide bonds. The highest BCUT2D eigenvalue weighted by Gasteiger charge is 2.17. The Balaban J connectivity index is 1.63. The van der Waals surface area contributed by atoms with Gasteiger partial charge in [-0.2, -0.15) is 5.10 Å². The average Bonchev–Trinajstić information content (AvgIpc) is 3.17. The van der Waals surface area contributed by atoms with Crippen LogP contribution in [0.5, 0.6) is 0 Å². The quantitative estimate of drug-likeness (QED) is 0.440. The number of aliphatic hydroxyl groups is 1. The van der Waals surface area contributed by atoms with Gasteiger partial charge in [-0.25, -0.2) is 4.98 Å². The van der Waals surface area contributed by atoms with Crippen molar-refractivity contribution >= 4 is 27.5 Å². The van der Waals surface area contributed by atoms with E-state index in [1.165, 1.54) is 0 Å². The molecule has 2 aromatic heterocycles. The van der Waals surface area contributed by atoms with Crippen LogP contribution in [0.1, 0.15) is 18.4 Å². The van der Waals surface area contributed by atoms with Gasteiger partial charge in [0.15, 0.2) is 0 Å². The molecular weight excluding hydrogens is 350 g/mol. The van der Waals surface area contributed by atoms with Crippen LogP contribution in [0.15, 0.2) is 48.5 Å². The summed E-state index contributed by atoms with van der Waals surface area (Å²) in [5.74, 6) is 0.912. The Hall–Kier alpha value is -2.96. The number of rotatable bonds is 4. The van der Waals surface area contributed by atoms with E-state index in [4.69, 9.17) is 4.98 Å². The maximum atomic E-state index is 9.50. The molecule has 4 N–H and O–H groups in total. The Morgan fingerprint density at radius 2 is 1.89 bits per heavy atom. The average molecular weight is 373 g/mol. The fraction of sp³-hybridized carbons (Fsp3) is 0.273. The summed E-state index contributed by atoms with van der Waals surface area (Å²) >= 11 is 0. The highest BCUT2D eigenvalue weighted by atomic mass is 16.3. The standard InChI is InChI=1S/C22H23N5O/c28-13-14-5-6-19-18(11-14)21(27-26-19)20-12-15-3-1-2-4-17(15)22(25-20)24-16-7-9-23-10-8-16/h1-6,11-12,16,23,28H,7-10,13H2,(H,24,25)(H,26,27). The van der Waals surface area contributed by atoms with Crippen LogP contribution in [-0.2, 0) is 6.61 Å². The number of nitrogens with one attached hydrogen (secondary N) is 3. The molecule has 1 aliphatic rings. The fourth-order valence-electron chi connectivity index (χ4n) is 3.94. The zero-order chi connectivity index (χ0) is 18.9. The van der Waals surface area contributed by atoms with Crippen molar-refractivity contribution in [3.05, 3.63) is 54.1 Å². The molecule has 1 saturated heterocycles. The number of aromatic nitrogens is 3. The number of anilines is 1. The van der Waals surface area contributed by atoms with Gasteiger partial charge in [0.2, 0.25) is 0 Å². The third-order valence-electron chi connectivity index (χ3n) is 5.47. The predicted molar refractivity (Wildman–Crippen MR) is 112 cm³/mol. The van der Waals surface area contributed by atoms with E-state index in [1.807, 2.05) is 24.3 Å². The Labute approximate surface area is 163 Å². The topological polar surface area (TPSA) is 85.9 Å². The van der Waals surface area contributed by atoms with E-state index in [0.29, 0.717) is 6.04 Å². The number of benzene rings is 2. The fourth-order valence-corrected chi connectivity index (χ4v) is 3.94. The lowest BCUT2D eigenvalue weighted by molar-refractivity contribution is 0.282. The summed E-state index contributed by atoms with van der Waals surface area (Å²) in [5, 5.41) is 27.4. The van der Waals surface area contributed by atoms with Crippen LogP contribution in [0.25, 0.3) is 33.1 Å². The number of aromatic amines is 1. The largest absolute Gasteiger partial charge is 0.392 e. The van der Waals surface area contributed by atoms with E-state index in [0.717, 1.165) is 70.4 Å². The van der Waals surface area contributed by atoms with Crippen molar-refractivity contribution in [2.24, 2.45) is 0 Å². The second kappa shape index (κ2) is 7.22. The molecule has 0 atom stereocenters. The van der Waals surface area contributed by atoms with Crippen molar-refractivity contribution in [3.8, 4) is 11.4 Å². The van der Waals surface area contributed by atoms with Crippen molar-refractivity contribution in [3.63, 3.8) is 0 Å². The molecule has 142 valence electrons. The molecule has 0 unspecified atom stereocenters. The second-order valence-corrected chi connectivity index (χ2v) is 7.36. The molecule has 2 aromatic carbocycles. The van der Waals surface area contributed by atoms with Gasteiger partial charge in [0, 0.05) is 16.8 Å². The molecule has 1 fully saturated rings. The Morgan fingerprint density at radius 1 is 1.04 bits per heavy atom. The van der Waals surface area contributed by atoms with Gasteiger partial charge in [-0.3, -0.25) is 5.10 Å². The highest BCUT2D eigenvalue weighted by Crippen LogP contribution is 2.31. The molecule has 6 heteroatoms. The van der Waals surface area contributed by atoms with Gasteiger partial charge in [-0.15, -0.1) is 0 Å². The van der Waals surface area contributed by atoms with Crippen LogP contribution >= 0.6 is 0 Å². The van der Waals surface area contributed by atoms with E-state index in [1.54, 1.807) is 0 Å². The number of H-pyrrole nitrogens is 1. The van der Waals surface area contributed by atoms with Crippen molar-refractivity contribution in [2.75, 3.05) is 18.4 Å². The number of hydrogen-bond donors (Lipinski definition) is 4. The second-order valence-electron chi connectivity index (χ2n) is 7.36. The summed E-state index contributed by atoms with van der Waals surface area (Å²) in [4.78, 5) is 4.97. The van der Waals surface area contributed by atoms with E-state index >= 15 is 0 Å². The van der Waals surface area contributed by atoms with Crippen LogP contribution in [0.3, 0.4) is 0 Å². The number of hydrogen-bond acceptors (Lipinski definition) is 5. The molecule has 0 radical (unpaired) electrons. The molecule has 5 rings (SSSR count). The van der Waals surface area contributed by atoms with E-state index in [9.17, 15) is 5.11 Å². The summed E-state index contributed by atoms with van der Waals surface area (Å²) in [6, 6.07) is 16.7. The summed E-state index contributed by atoms with van der Waals surface area (Å²) in [6.07, 6.45) is 2.18. The molecule has 3 heterocycles. The molecule has 0 spiro atoms. The lowest BCUT2D eigenvalue weighted by atomic mass is 10.0. The summed E-state index contributed by atoms with van der Waals surface area (Å²) in [7, 11) is 0. The smallest absolute Gasteiger partial charge is 0.134 e. The van der Waals surface area contributed by atoms with Gasteiger partial charge in [-0.05, 0) is 55.1 Å². The number of piperidine rings is 1. The van der Waals surface area contributed by atoms with Gasteiger partial charge in [-0.1, -0.05) is 30.3 Å². The van der Waals surface area contributed by atoms with E-state index in [2.05, 4.69) is 45.1 Å². The molecule has 6 nitrogen and oxygen atoms in total. The van der Waals surface area contributed by atoms with Crippen molar-refractivity contribution in [1.29, 1.82) is 0 Å². The third kappa shape index (κ3) is 3.10. The number of fused-ring (bicyclic) bond motifs is 2. The molecule has 1 aliphatic heterocycles. The van der Waals surface area contributed by atoms with Crippen LogP contribution < -0.4 is 10.6 Å². The van der Waals surface area contributed by atoms with Crippen LogP contribution in [0.2, 0.25) is 0 Å². The van der Waals surface area contributed by atoms with Crippen LogP contribution in [0, 0.1) is 0 Å². The lowest BCUT2D eigenvalue weighted by Gasteiger charge is -2.25. The van der Waals surface area contributed by atoms with Gasteiger partial charge >= 0.3 is 0 Å². The zero-order valence-corrected chi connectivity index (χ0v) is 15.6. The minimum Gasteiger partial charge on any atom is -0.392 e. The molecule has 4 aromatic rings. The monoisotopic (exact) mass is 373 g/mol. The molecular formula is C22H23N5O. The minimum absolute atomic E-state index is 0.00816. The first kappa shape index (κ1) is 17.2. The Bertz CT molecular complexity index is 1130. The summed E-state index contributed by atoms with van der Waals surface area (Å²) in [6.45, 7) is 2.07. The highest BCUT2D eigenvalue weighted by molar-refractivity contribution is 5.98. The van der Waals surface area contributed by atoms with Crippen molar-refractivity contribution in [2.45, 2.75) is 25.5 Å². The SMILES string of the molecule is OCc1ccc2[nH]nc(-c3cc4ccccc4c(NC4CCNCC4)n3)c2c1. The normalized spacial score (nSPS) is 15.3. The first-order valence-corrected chi connectivity index (χ1v) is 9.77. The first-order chi connectivity index (χ1) is 13.8. The summed E-state index contributed by atoms with van der Waals surface area (Å²) < 4.78 is 0. The zero-order valence-electron chi connectivity index (χ0n) is 15.6.